The summed E-state index contributed by atoms with van der Waals surface area (Å²) in [6, 6.07) is 2.16. The summed E-state index contributed by atoms with van der Waals surface area (Å²) in [5, 5.41) is 8.54. The van der Waals surface area contributed by atoms with E-state index in [2.05, 4.69) is 0 Å². The molecule has 16 heavy (non-hydrogen) atoms. The normalized spacial score (nSPS) is 17.4. The van der Waals surface area contributed by atoms with Gasteiger partial charge in [-0.3, -0.25) is 0 Å². The Kier molecular flexibility index (Phi) is 3.97. The second-order valence-electron chi connectivity index (χ2n) is 5.57. The molecule has 5 heteroatoms. The fourth-order valence-corrected chi connectivity index (χ4v) is 4.00. The first kappa shape index (κ1) is 13.5. The van der Waals surface area contributed by atoms with Gasteiger partial charge in [0.15, 0.2) is 0 Å². The first-order valence-electron chi connectivity index (χ1n) is 5.63. The lowest BCUT2D eigenvalue weighted by Crippen LogP contribution is -2.39. The van der Waals surface area contributed by atoms with Crippen LogP contribution in [0.1, 0.15) is 40.0 Å². The highest BCUT2D eigenvalue weighted by atomic mass is 32.2. The molecular weight excluding hydrogens is 224 g/mol. The van der Waals surface area contributed by atoms with Gasteiger partial charge in [-0.25, -0.2) is 8.42 Å². The topological polar surface area (TPSA) is 61.2 Å². The Bertz CT molecular complexity index is 372. The maximum Gasteiger partial charge on any atom is 0.214 e. The van der Waals surface area contributed by atoms with Crippen LogP contribution in [-0.2, 0) is 10.0 Å². The van der Waals surface area contributed by atoms with Crippen LogP contribution in [0.5, 0.6) is 0 Å². The average molecular weight is 244 g/mol. The number of sulfonamides is 1. The van der Waals surface area contributed by atoms with Crippen molar-refractivity contribution < 1.29 is 8.42 Å². The maximum absolute atomic E-state index is 12.2. The van der Waals surface area contributed by atoms with Gasteiger partial charge in [-0.1, -0.05) is 20.8 Å². The van der Waals surface area contributed by atoms with Gasteiger partial charge < -0.3 is 0 Å². The van der Waals surface area contributed by atoms with Crippen LogP contribution in [0.4, 0.5) is 0 Å². The Labute approximate surface area is 98.3 Å². The van der Waals surface area contributed by atoms with Gasteiger partial charge in [-0.2, -0.15) is 9.57 Å². The Hall–Kier alpha value is -0.600. The summed E-state index contributed by atoms with van der Waals surface area (Å²) in [5.74, 6) is 0.155. The van der Waals surface area contributed by atoms with Crippen molar-refractivity contribution in [1.29, 1.82) is 5.26 Å². The fourth-order valence-electron chi connectivity index (χ4n) is 1.70. The molecule has 0 aromatic carbocycles. The van der Waals surface area contributed by atoms with Gasteiger partial charge in [-0.05, 0) is 18.3 Å². The maximum atomic E-state index is 12.2. The molecule has 0 atom stereocenters. The van der Waals surface area contributed by atoms with E-state index >= 15 is 0 Å². The zero-order chi connectivity index (χ0) is 12.4. The van der Waals surface area contributed by atoms with Crippen LogP contribution in [0.15, 0.2) is 0 Å². The molecule has 0 saturated heterocycles. The first-order chi connectivity index (χ1) is 7.26. The molecule has 0 unspecified atom stereocenters. The van der Waals surface area contributed by atoms with E-state index in [0.717, 1.165) is 12.8 Å². The van der Waals surface area contributed by atoms with Crippen LogP contribution >= 0.6 is 0 Å². The van der Waals surface area contributed by atoms with E-state index in [0.29, 0.717) is 6.54 Å². The number of hydrogen-bond donors (Lipinski definition) is 0. The van der Waals surface area contributed by atoms with Crippen molar-refractivity contribution in [1.82, 2.24) is 4.31 Å². The molecule has 1 rings (SSSR count). The molecule has 1 aliphatic rings. The summed E-state index contributed by atoms with van der Waals surface area (Å²) in [7, 11) is -3.21. The number of nitrogens with zero attached hydrogens (tertiary/aromatic N) is 2. The molecule has 0 aromatic rings. The molecule has 0 aromatic heterocycles. The van der Waals surface area contributed by atoms with Crippen LogP contribution in [-0.4, -0.2) is 31.1 Å². The Morgan fingerprint density at radius 1 is 1.38 bits per heavy atom. The Morgan fingerprint density at radius 2 is 1.94 bits per heavy atom. The summed E-state index contributed by atoms with van der Waals surface area (Å²) in [6.45, 7) is 6.10. The van der Waals surface area contributed by atoms with Crippen LogP contribution < -0.4 is 0 Å². The minimum absolute atomic E-state index is 0.153. The molecule has 92 valence electrons. The minimum Gasteiger partial charge on any atom is -0.212 e. The third-order valence-corrected chi connectivity index (χ3v) is 4.80. The molecule has 0 spiro atoms. The summed E-state index contributed by atoms with van der Waals surface area (Å²) in [6.07, 6.45) is 2.16. The van der Waals surface area contributed by atoms with Gasteiger partial charge in [0.1, 0.15) is 0 Å². The van der Waals surface area contributed by atoms with Crippen LogP contribution in [0, 0.1) is 16.7 Å². The second kappa shape index (κ2) is 4.72. The fraction of sp³-hybridized carbons (Fsp3) is 0.909. The summed E-state index contributed by atoms with van der Waals surface area (Å²) in [5.41, 5.74) is -0.237. The monoisotopic (exact) mass is 244 g/mol. The molecule has 0 amide bonds. The lowest BCUT2D eigenvalue weighted by molar-refractivity contribution is 0.387. The summed E-state index contributed by atoms with van der Waals surface area (Å²) >= 11 is 0. The van der Waals surface area contributed by atoms with E-state index in [-0.39, 0.29) is 23.6 Å². The van der Waals surface area contributed by atoms with Crippen LogP contribution in [0.2, 0.25) is 0 Å². The smallest absolute Gasteiger partial charge is 0.212 e. The molecule has 0 heterocycles. The van der Waals surface area contributed by atoms with Crippen molar-refractivity contribution in [2.75, 3.05) is 12.3 Å². The van der Waals surface area contributed by atoms with Gasteiger partial charge in [0.2, 0.25) is 10.0 Å². The van der Waals surface area contributed by atoms with E-state index in [1.807, 2.05) is 26.8 Å². The van der Waals surface area contributed by atoms with Crippen molar-refractivity contribution >= 4 is 10.0 Å². The molecule has 0 radical (unpaired) electrons. The van der Waals surface area contributed by atoms with Crippen molar-refractivity contribution in [2.24, 2.45) is 5.41 Å². The molecule has 1 fully saturated rings. The lowest BCUT2D eigenvalue weighted by Gasteiger charge is -2.26. The zero-order valence-corrected chi connectivity index (χ0v) is 11.0. The third kappa shape index (κ3) is 4.11. The van der Waals surface area contributed by atoms with Gasteiger partial charge in [0.25, 0.3) is 0 Å². The van der Waals surface area contributed by atoms with Crippen molar-refractivity contribution in [2.45, 2.75) is 46.1 Å². The van der Waals surface area contributed by atoms with E-state index in [4.69, 9.17) is 5.26 Å². The quantitative estimate of drug-likeness (QED) is 0.740. The Morgan fingerprint density at radius 3 is 2.31 bits per heavy atom. The molecule has 0 bridgehead atoms. The molecule has 1 saturated carbocycles. The Balaban J connectivity index is 2.73. The van der Waals surface area contributed by atoms with Gasteiger partial charge in [0.05, 0.1) is 11.8 Å². The van der Waals surface area contributed by atoms with E-state index in [9.17, 15) is 8.42 Å². The molecule has 4 nitrogen and oxygen atoms in total. The van der Waals surface area contributed by atoms with Gasteiger partial charge >= 0.3 is 0 Å². The van der Waals surface area contributed by atoms with Crippen molar-refractivity contribution in [3.8, 4) is 6.07 Å². The average Bonchev–Trinajstić information content (AvgIpc) is 2.83. The lowest BCUT2D eigenvalue weighted by atomic mass is 10.0. The summed E-state index contributed by atoms with van der Waals surface area (Å²) in [4.78, 5) is 0. The van der Waals surface area contributed by atoms with Crippen LogP contribution in [0.3, 0.4) is 0 Å². The van der Waals surface area contributed by atoms with Gasteiger partial charge in [0, 0.05) is 19.0 Å². The first-order valence-corrected chi connectivity index (χ1v) is 7.24. The molecular formula is C11H20N2O2S. The highest BCUT2D eigenvalue weighted by Gasteiger charge is 2.38. The number of rotatable bonds is 5. The number of hydrogen-bond acceptors (Lipinski definition) is 3. The SMILES string of the molecule is CC(C)(C)CS(=O)(=O)N(CCC#N)C1CC1. The van der Waals surface area contributed by atoms with E-state index in [1.165, 1.54) is 4.31 Å². The number of nitriles is 1. The van der Waals surface area contributed by atoms with Crippen LogP contribution in [0.25, 0.3) is 0 Å². The predicted molar refractivity (Wildman–Crippen MR) is 63.2 cm³/mol. The molecule has 1 aliphatic carbocycles. The predicted octanol–water partition coefficient (Wildman–Crippen LogP) is 1.74. The standard InChI is InChI=1S/C11H20N2O2S/c1-11(2,3)9-16(14,15)13(8-4-7-12)10-5-6-10/h10H,4-6,8-9H2,1-3H3. The second-order valence-corrected chi connectivity index (χ2v) is 7.49. The zero-order valence-electron chi connectivity index (χ0n) is 10.2. The third-order valence-electron chi connectivity index (χ3n) is 2.37. The summed E-state index contributed by atoms with van der Waals surface area (Å²) < 4.78 is 25.8. The molecule has 0 N–H and O–H groups in total. The minimum atomic E-state index is -3.21. The van der Waals surface area contributed by atoms with E-state index < -0.39 is 10.0 Å². The van der Waals surface area contributed by atoms with E-state index in [1.54, 1.807) is 0 Å². The highest BCUT2D eigenvalue weighted by molar-refractivity contribution is 7.89. The van der Waals surface area contributed by atoms with Crippen molar-refractivity contribution in [3.63, 3.8) is 0 Å². The van der Waals surface area contributed by atoms with Crippen molar-refractivity contribution in [3.05, 3.63) is 0 Å². The largest absolute Gasteiger partial charge is 0.214 e. The highest BCUT2D eigenvalue weighted by Crippen LogP contribution is 2.31. The van der Waals surface area contributed by atoms with Gasteiger partial charge in [-0.15, -0.1) is 0 Å². The molecule has 0 aliphatic heterocycles.